The van der Waals surface area contributed by atoms with Crippen LogP contribution in [-0.2, 0) is 9.84 Å². The molecule has 0 aliphatic carbocycles. The second-order valence-corrected chi connectivity index (χ2v) is 6.06. The van der Waals surface area contributed by atoms with Gasteiger partial charge in [-0.25, -0.2) is 8.42 Å². The average molecular weight is 177 g/mol. The van der Waals surface area contributed by atoms with Gasteiger partial charge in [-0.05, 0) is 12.3 Å². The van der Waals surface area contributed by atoms with Gasteiger partial charge in [0.1, 0.15) is 0 Å². The Morgan fingerprint density at radius 3 is 2.18 bits per heavy atom. The molecule has 0 radical (unpaired) electrons. The minimum Gasteiger partial charge on any atom is -0.323 e. The molecule has 0 aromatic carbocycles. The van der Waals surface area contributed by atoms with E-state index < -0.39 is 15.4 Å². The molecule has 1 heterocycles. The van der Waals surface area contributed by atoms with Gasteiger partial charge in [0, 0.05) is 5.54 Å². The fourth-order valence-electron chi connectivity index (χ4n) is 1.76. The molecular formula is C7H15NO2S. The number of hydrogen-bond acceptors (Lipinski definition) is 3. The number of hydrogen-bond donors (Lipinski definition) is 1. The lowest BCUT2D eigenvalue weighted by Crippen LogP contribution is -2.62. The first-order valence-electron chi connectivity index (χ1n) is 3.82. The second-order valence-electron chi connectivity index (χ2n) is 3.99. The zero-order chi connectivity index (χ0) is 8.70. The van der Waals surface area contributed by atoms with Gasteiger partial charge < -0.3 is 5.73 Å². The van der Waals surface area contributed by atoms with Crippen LogP contribution in [0.4, 0.5) is 0 Å². The van der Waals surface area contributed by atoms with Crippen LogP contribution in [0.5, 0.6) is 0 Å². The smallest absolute Gasteiger partial charge is 0.153 e. The monoisotopic (exact) mass is 177 g/mol. The summed E-state index contributed by atoms with van der Waals surface area (Å²) in [6.45, 7) is 4.11. The van der Waals surface area contributed by atoms with E-state index >= 15 is 0 Å². The molecule has 0 unspecified atom stereocenters. The van der Waals surface area contributed by atoms with Crippen molar-refractivity contribution in [2.24, 2.45) is 11.7 Å². The van der Waals surface area contributed by atoms with Crippen LogP contribution in [0, 0.1) is 5.92 Å². The van der Waals surface area contributed by atoms with E-state index in [2.05, 4.69) is 13.8 Å². The summed E-state index contributed by atoms with van der Waals surface area (Å²) in [5.41, 5.74) is 5.39. The van der Waals surface area contributed by atoms with Crippen molar-refractivity contribution in [3.63, 3.8) is 0 Å². The molecule has 4 heteroatoms. The molecule has 1 rings (SSSR count). The molecule has 1 fully saturated rings. The molecule has 0 aromatic rings. The Hall–Kier alpha value is -0.0900. The van der Waals surface area contributed by atoms with Crippen molar-refractivity contribution >= 4 is 9.84 Å². The third-order valence-electron chi connectivity index (χ3n) is 1.83. The van der Waals surface area contributed by atoms with E-state index in [0.717, 1.165) is 6.42 Å². The van der Waals surface area contributed by atoms with Crippen LogP contribution in [0.15, 0.2) is 0 Å². The molecule has 0 amide bonds. The Labute approximate surface area is 67.9 Å². The van der Waals surface area contributed by atoms with E-state index in [1.807, 2.05) is 0 Å². The van der Waals surface area contributed by atoms with Crippen molar-refractivity contribution in [1.82, 2.24) is 0 Å². The Morgan fingerprint density at radius 2 is 1.91 bits per heavy atom. The number of rotatable bonds is 2. The van der Waals surface area contributed by atoms with Crippen LogP contribution in [0.25, 0.3) is 0 Å². The van der Waals surface area contributed by atoms with Gasteiger partial charge in [0.25, 0.3) is 0 Å². The van der Waals surface area contributed by atoms with Crippen LogP contribution in [-0.4, -0.2) is 25.5 Å². The molecule has 0 aromatic heterocycles. The van der Waals surface area contributed by atoms with Crippen LogP contribution >= 0.6 is 0 Å². The molecule has 1 aliphatic rings. The summed E-state index contributed by atoms with van der Waals surface area (Å²) in [5.74, 6) is 0.839. The average Bonchev–Trinajstić information content (AvgIpc) is 1.52. The maximum Gasteiger partial charge on any atom is 0.153 e. The van der Waals surface area contributed by atoms with Crippen LogP contribution < -0.4 is 5.73 Å². The largest absolute Gasteiger partial charge is 0.323 e. The molecule has 1 saturated heterocycles. The normalized spacial score (nSPS) is 26.5. The number of nitrogens with two attached hydrogens (primary N) is 1. The standard InChI is InChI=1S/C7H15NO2S/c1-6(2)3-7(8)4-11(9,10)5-7/h6H,3-5,8H2,1-2H3. The van der Waals surface area contributed by atoms with Crippen molar-refractivity contribution in [3.8, 4) is 0 Å². The lowest BCUT2D eigenvalue weighted by molar-refractivity contribution is 0.372. The summed E-state index contributed by atoms with van der Waals surface area (Å²) >= 11 is 0. The quantitative estimate of drug-likeness (QED) is 0.653. The summed E-state index contributed by atoms with van der Waals surface area (Å²) in [5, 5.41) is 0. The molecule has 0 saturated carbocycles. The Kier molecular flexibility index (Phi) is 2.01. The van der Waals surface area contributed by atoms with Gasteiger partial charge in [0.15, 0.2) is 9.84 Å². The predicted octanol–water partition coefficient (Wildman–Crippen LogP) is 0.158. The lowest BCUT2D eigenvalue weighted by Gasteiger charge is -2.38. The minimum atomic E-state index is -2.76. The van der Waals surface area contributed by atoms with Crippen molar-refractivity contribution < 1.29 is 8.42 Å². The lowest BCUT2D eigenvalue weighted by atomic mass is 9.93. The highest BCUT2D eigenvalue weighted by Gasteiger charge is 2.45. The summed E-state index contributed by atoms with van der Waals surface area (Å²) < 4.78 is 21.6. The third-order valence-corrected chi connectivity index (χ3v) is 3.86. The first-order valence-corrected chi connectivity index (χ1v) is 5.64. The Bertz CT molecular complexity index is 231. The first-order chi connectivity index (χ1) is 4.83. The van der Waals surface area contributed by atoms with E-state index in [1.54, 1.807) is 0 Å². The van der Waals surface area contributed by atoms with E-state index in [1.165, 1.54) is 0 Å². The molecule has 3 nitrogen and oxygen atoms in total. The van der Waals surface area contributed by atoms with E-state index in [9.17, 15) is 8.42 Å². The van der Waals surface area contributed by atoms with E-state index in [0.29, 0.717) is 5.92 Å². The molecule has 11 heavy (non-hydrogen) atoms. The zero-order valence-corrected chi connectivity index (χ0v) is 7.82. The zero-order valence-electron chi connectivity index (χ0n) is 7.00. The maximum absolute atomic E-state index is 10.8. The summed E-state index contributed by atoms with van der Waals surface area (Å²) in [6.07, 6.45) is 0.812. The van der Waals surface area contributed by atoms with Crippen LogP contribution in [0.3, 0.4) is 0 Å². The van der Waals surface area contributed by atoms with E-state index in [4.69, 9.17) is 5.73 Å². The SMILES string of the molecule is CC(C)CC1(N)CS(=O)(=O)C1. The molecule has 0 spiro atoms. The van der Waals surface area contributed by atoms with Gasteiger partial charge in [-0.2, -0.15) is 0 Å². The molecule has 0 atom stereocenters. The second kappa shape index (κ2) is 2.45. The Balaban J connectivity index is 2.50. The summed E-state index contributed by atoms with van der Waals surface area (Å²) in [7, 11) is -2.76. The van der Waals surface area contributed by atoms with Crippen molar-refractivity contribution in [2.45, 2.75) is 25.8 Å². The molecule has 66 valence electrons. The third kappa shape index (κ3) is 2.17. The molecular weight excluding hydrogens is 162 g/mol. The van der Waals surface area contributed by atoms with Crippen molar-refractivity contribution in [2.75, 3.05) is 11.5 Å². The fraction of sp³-hybridized carbons (Fsp3) is 1.00. The van der Waals surface area contributed by atoms with E-state index in [-0.39, 0.29) is 11.5 Å². The van der Waals surface area contributed by atoms with Crippen molar-refractivity contribution in [3.05, 3.63) is 0 Å². The van der Waals surface area contributed by atoms with Gasteiger partial charge in [-0.1, -0.05) is 13.8 Å². The number of sulfone groups is 1. The maximum atomic E-state index is 10.8. The highest BCUT2D eigenvalue weighted by molar-refractivity contribution is 7.93. The first kappa shape index (κ1) is 9.00. The highest BCUT2D eigenvalue weighted by atomic mass is 32.2. The van der Waals surface area contributed by atoms with Gasteiger partial charge in [0.2, 0.25) is 0 Å². The van der Waals surface area contributed by atoms with Gasteiger partial charge in [-0.15, -0.1) is 0 Å². The summed E-state index contributed by atoms with van der Waals surface area (Å²) in [6, 6.07) is 0. The van der Waals surface area contributed by atoms with Gasteiger partial charge >= 0.3 is 0 Å². The van der Waals surface area contributed by atoms with Gasteiger partial charge in [0.05, 0.1) is 11.5 Å². The fourth-order valence-corrected chi connectivity index (χ4v) is 3.67. The molecule has 0 bridgehead atoms. The van der Waals surface area contributed by atoms with Crippen molar-refractivity contribution in [1.29, 1.82) is 0 Å². The highest BCUT2D eigenvalue weighted by Crippen LogP contribution is 2.27. The van der Waals surface area contributed by atoms with Crippen LogP contribution in [0.1, 0.15) is 20.3 Å². The van der Waals surface area contributed by atoms with Gasteiger partial charge in [-0.3, -0.25) is 0 Å². The summed E-state index contributed by atoms with van der Waals surface area (Å²) in [4.78, 5) is 0. The van der Waals surface area contributed by atoms with Crippen LogP contribution in [0.2, 0.25) is 0 Å². The topological polar surface area (TPSA) is 60.2 Å². The molecule has 2 N–H and O–H groups in total. The predicted molar refractivity (Wildman–Crippen MR) is 45.0 cm³/mol. The minimum absolute atomic E-state index is 0.179. The Morgan fingerprint density at radius 1 is 1.45 bits per heavy atom. The molecule has 1 aliphatic heterocycles.